The first-order valence-corrected chi connectivity index (χ1v) is 8.68. The normalized spacial score (nSPS) is 11.3. The Morgan fingerprint density at radius 1 is 1.00 bits per heavy atom. The predicted octanol–water partition coefficient (Wildman–Crippen LogP) is 5.96. The molecule has 4 heteroatoms. The molecule has 0 radical (unpaired) electrons. The third kappa shape index (κ3) is 4.91. The minimum absolute atomic E-state index is 0.0729. The average molecular weight is 351 g/mol. The molecule has 0 aromatic heterocycles. The monoisotopic (exact) mass is 350 g/mol. The van der Waals surface area contributed by atoms with Gasteiger partial charge in [0.2, 0.25) is 0 Å². The van der Waals surface area contributed by atoms with Crippen LogP contribution in [0.15, 0.2) is 60.7 Å². The van der Waals surface area contributed by atoms with E-state index in [-0.39, 0.29) is 11.0 Å². The van der Waals surface area contributed by atoms with Crippen molar-refractivity contribution in [2.75, 3.05) is 5.75 Å². The molecule has 0 aliphatic heterocycles. The lowest BCUT2D eigenvalue weighted by Crippen LogP contribution is -2.03. The van der Waals surface area contributed by atoms with Crippen LogP contribution in [-0.4, -0.2) is 11.5 Å². The average Bonchev–Trinajstić information content (AvgIpc) is 2.51. The molecule has 0 saturated carbocycles. The Labute approximate surface area is 145 Å². The molecule has 2 aromatic carbocycles. The van der Waals surface area contributed by atoms with E-state index in [9.17, 15) is 4.79 Å². The molecule has 0 heterocycles. The molecular formula is C18H16Cl2OS. The van der Waals surface area contributed by atoms with Gasteiger partial charge in [0, 0.05) is 10.0 Å². The maximum atomic E-state index is 11.8. The molecule has 114 valence electrons. The Morgan fingerprint density at radius 2 is 1.45 bits per heavy atom. The fourth-order valence-corrected chi connectivity index (χ4v) is 3.44. The van der Waals surface area contributed by atoms with Crippen molar-refractivity contribution in [2.24, 2.45) is 0 Å². The first kappa shape index (κ1) is 17.1. The number of thioether (sulfide) groups is 1. The van der Waals surface area contributed by atoms with Crippen LogP contribution in [0.1, 0.15) is 23.3 Å². The summed E-state index contributed by atoms with van der Waals surface area (Å²) in [5, 5.41) is 1.48. The van der Waals surface area contributed by atoms with Crippen molar-refractivity contribution in [3.63, 3.8) is 0 Å². The summed E-state index contributed by atoms with van der Waals surface area (Å²) in [7, 11) is 0. The summed E-state index contributed by atoms with van der Waals surface area (Å²) in [6.45, 7) is 1.85. The summed E-state index contributed by atoms with van der Waals surface area (Å²) < 4.78 is 0. The first-order valence-electron chi connectivity index (χ1n) is 6.88. The Hall–Kier alpha value is -1.22. The number of rotatable bonds is 6. The van der Waals surface area contributed by atoms with Crippen molar-refractivity contribution < 1.29 is 4.79 Å². The van der Waals surface area contributed by atoms with Crippen molar-refractivity contribution in [1.82, 2.24) is 0 Å². The summed E-state index contributed by atoms with van der Waals surface area (Å²) in [5.41, 5.74) is 2.23. The minimum Gasteiger partial charge on any atom is -0.294 e. The second-order valence-corrected chi connectivity index (χ2v) is 6.73. The quantitative estimate of drug-likeness (QED) is 0.597. The van der Waals surface area contributed by atoms with Gasteiger partial charge in [0.25, 0.3) is 0 Å². The van der Waals surface area contributed by atoms with Gasteiger partial charge in [0.15, 0.2) is 5.78 Å². The van der Waals surface area contributed by atoms with E-state index in [2.05, 4.69) is 0 Å². The van der Waals surface area contributed by atoms with E-state index < -0.39 is 0 Å². The smallest absolute Gasteiger partial charge is 0.165 e. The van der Waals surface area contributed by atoms with Gasteiger partial charge in [-0.1, -0.05) is 53.5 Å². The van der Waals surface area contributed by atoms with Crippen molar-refractivity contribution in [3.8, 4) is 0 Å². The van der Waals surface area contributed by atoms with Gasteiger partial charge >= 0.3 is 0 Å². The van der Waals surface area contributed by atoms with Crippen molar-refractivity contribution >= 4 is 40.7 Å². The fourth-order valence-electron chi connectivity index (χ4n) is 2.06. The van der Waals surface area contributed by atoms with Gasteiger partial charge in [-0.3, -0.25) is 4.79 Å². The highest BCUT2D eigenvalue weighted by atomic mass is 35.5. The highest BCUT2D eigenvalue weighted by Crippen LogP contribution is 2.36. The molecule has 22 heavy (non-hydrogen) atoms. The summed E-state index contributed by atoms with van der Waals surface area (Å²) >= 11 is 13.5. The largest absolute Gasteiger partial charge is 0.294 e. The Morgan fingerprint density at radius 3 is 1.86 bits per heavy atom. The second kappa shape index (κ2) is 8.42. The number of ketones is 1. The molecule has 0 unspecified atom stereocenters. The molecule has 2 rings (SSSR count). The van der Waals surface area contributed by atoms with Gasteiger partial charge in [-0.15, -0.1) is 11.8 Å². The molecule has 2 aromatic rings. The van der Waals surface area contributed by atoms with Gasteiger partial charge in [0.05, 0.1) is 11.0 Å². The van der Waals surface area contributed by atoms with Crippen LogP contribution in [0.2, 0.25) is 10.0 Å². The highest BCUT2D eigenvalue weighted by Gasteiger charge is 2.16. The molecule has 1 nitrogen and oxygen atoms in total. The zero-order valence-corrected chi connectivity index (χ0v) is 14.5. The molecule has 0 amide bonds. The highest BCUT2D eigenvalue weighted by molar-refractivity contribution is 8.00. The number of benzene rings is 2. The number of carbonyl (C=O) groups is 1. The van der Waals surface area contributed by atoms with Gasteiger partial charge in [-0.05, 0) is 48.4 Å². The van der Waals surface area contributed by atoms with Crippen LogP contribution in [-0.2, 0) is 4.79 Å². The maximum Gasteiger partial charge on any atom is 0.165 e. The summed E-state index contributed by atoms with van der Waals surface area (Å²) in [5.74, 6) is 0.542. The molecule has 0 N–H and O–H groups in total. The molecular weight excluding hydrogens is 335 g/mol. The molecule has 0 spiro atoms. The summed E-state index contributed by atoms with van der Waals surface area (Å²) in [6, 6.07) is 15.5. The van der Waals surface area contributed by atoms with Crippen LogP contribution in [0.4, 0.5) is 0 Å². The van der Waals surface area contributed by atoms with Crippen LogP contribution < -0.4 is 0 Å². The zero-order chi connectivity index (χ0) is 15.9. The van der Waals surface area contributed by atoms with E-state index in [1.165, 1.54) is 0 Å². The van der Waals surface area contributed by atoms with E-state index in [1.807, 2.05) is 55.5 Å². The Balaban J connectivity index is 2.25. The second-order valence-electron chi connectivity index (χ2n) is 4.76. The van der Waals surface area contributed by atoms with Gasteiger partial charge < -0.3 is 0 Å². The fraction of sp³-hybridized carbons (Fsp3) is 0.167. The van der Waals surface area contributed by atoms with Crippen molar-refractivity contribution in [2.45, 2.75) is 12.2 Å². The first-order chi connectivity index (χ1) is 10.6. The molecule has 0 aliphatic carbocycles. The SMILES string of the molecule is C/C=C/C(=O)CSC(c1ccc(Cl)cc1)c1ccc(Cl)cc1. The van der Waals surface area contributed by atoms with Gasteiger partial charge in [-0.25, -0.2) is 0 Å². The summed E-state index contributed by atoms with van der Waals surface area (Å²) in [6.07, 6.45) is 3.37. The van der Waals surface area contributed by atoms with Crippen molar-refractivity contribution in [3.05, 3.63) is 81.9 Å². The molecule has 0 fully saturated rings. The van der Waals surface area contributed by atoms with Crippen LogP contribution in [0.25, 0.3) is 0 Å². The lowest BCUT2D eigenvalue weighted by molar-refractivity contribution is -0.112. The molecule has 0 saturated heterocycles. The van der Waals surface area contributed by atoms with E-state index in [0.29, 0.717) is 15.8 Å². The van der Waals surface area contributed by atoms with Gasteiger partial charge in [-0.2, -0.15) is 0 Å². The molecule has 0 atom stereocenters. The van der Waals surface area contributed by atoms with Crippen LogP contribution in [0, 0.1) is 0 Å². The van der Waals surface area contributed by atoms with Crippen LogP contribution in [0.5, 0.6) is 0 Å². The molecule has 0 aliphatic rings. The standard InChI is InChI=1S/C18H16Cl2OS/c1-2-3-17(21)12-22-18(13-4-8-15(19)9-5-13)14-6-10-16(20)11-7-14/h2-11,18H,12H2,1H3/b3-2+. The number of hydrogen-bond donors (Lipinski definition) is 0. The summed E-state index contributed by atoms with van der Waals surface area (Å²) in [4.78, 5) is 11.8. The van der Waals surface area contributed by atoms with E-state index in [0.717, 1.165) is 11.1 Å². The van der Waals surface area contributed by atoms with Crippen LogP contribution >= 0.6 is 35.0 Å². The minimum atomic E-state index is 0.0729. The number of hydrogen-bond acceptors (Lipinski definition) is 2. The zero-order valence-electron chi connectivity index (χ0n) is 12.1. The third-order valence-electron chi connectivity index (χ3n) is 3.09. The Bertz CT molecular complexity index is 602. The molecule has 0 bridgehead atoms. The van der Waals surface area contributed by atoms with E-state index >= 15 is 0 Å². The number of allylic oxidation sites excluding steroid dienone is 2. The number of halogens is 2. The lowest BCUT2D eigenvalue weighted by Gasteiger charge is -2.17. The van der Waals surface area contributed by atoms with E-state index in [4.69, 9.17) is 23.2 Å². The third-order valence-corrected chi connectivity index (χ3v) is 4.92. The van der Waals surface area contributed by atoms with Gasteiger partial charge in [0.1, 0.15) is 0 Å². The van der Waals surface area contributed by atoms with Crippen molar-refractivity contribution in [1.29, 1.82) is 0 Å². The Kier molecular flexibility index (Phi) is 6.56. The maximum absolute atomic E-state index is 11.8. The topological polar surface area (TPSA) is 17.1 Å². The van der Waals surface area contributed by atoms with E-state index in [1.54, 1.807) is 23.9 Å². The van der Waals surface area contributed by atoms with Crippen LogP contribution in [0.3, 0.4) is 0 Å². The lowest BCUT2D eigenvalue weighted by atomic mass is 10.0. The predicted molar refractivity (Wildman–Crippen MR) is 97.0 cm³/mol. The number of carbonyl (C=O) groups excluding carboxylic acids is 1.